The van der Waals surface area contributed by atoms with Crippen molar-refractivity contribution < 1.29 is 14.3 Å². The standard InChI is InChI=1S/C20H30N2O3/c1-24-18-12-15-8-10-22(14-16(15)13-19(18)25-2)11-9-20(23)21-17-6-4-3-5-7-17/h12-13,17H,3-11,14H2,1-2H3,(H,21,23). The SMILES string of the molecule is COc1cc2c(cc1OC)CN(CCC(=O)NC1CCCCC1)CC2. The van der Waals surface area contributed by atoms with E-state index >= 15 is 0 Å². The molecule has 1 aromatic rings. The number of hydrogen-bond acceptors (Lipinski definition) is 4. The van der Waals surface area contributed by atoms with Crippen molar-refractivity contribution in [3.63, 3.8) is 0 Å². The van der Waals surface area contributed by atoms with Crippen molar-refractivity contribution in [2.75, 3.05) is 27.3 Å². The maximum absolute atomic E-state index is 12.2. The highest BCUT2D eigenvalue weighted by Crippen LogP contribution is 2.33. The fourth-order valence-corrected chi connectivity index (χ4v) is 3.94. The molecule has 0 aromatic heterocycles. The average molecular weight is 346 g/mol. The van der Waals surface area contributed by atoms with Crippen molar-refractivity contribution in [2.24, 2.45) is 0 Å². The summed E-state index contributed by atoms with van der Waals surface area (Å²) < 4.78 is 10.8. The van der Waals surface area contributed by atoms with Crippen LogP contribution in [0.5, 0.6) is 11.5 Å². The highest BCUT2D eigenvalue weighted by molar-refractivity contribution is 5.76. The van der Waals surface area contributed by atoms with Crippen LogP contribution in [0.15, 0.2) is 12.1 Å². The van der Waals surface area contributed by atoms with Crippen molar-refractivity contribution >= 4 is 5.91 Å². The van der Waals surface area contributed by atoms with E-state index in [1.807, 2.05) is 0 Å². The Balaban J connectivity index is 1.51. The van der Waals surface area contributed by atoms with Crippen LogP contribution in [0.3, 0.4) is 0 Å². The van der Waals surface area contributed by atoms with Gasteiger partial charge in [0, 0.05) is 32.1 Å². The predicted molar refractivity (Wildman–Crippen MR) is 98.2 cm³/mol. The molecule has 1 saturated carbocycles. The Morgan fingerprint density at radius 2 is 1.80 bits per heavy atom. The van der Waals surface area contributed by atoms with Crippen LogP contribution in [-0.2, 0) is 17.8 Å². The number of carbonyl (C=O) groups is 1. The number of carbonyl (C=O) groups excluding carboxylic acids is 1. The number of methoxy groups -OCH3 is 2. The van der Waals surface area contributed by atoms with Crippen molar-refractivity contribution in [1.29, 1.82) is 0 Å². The molecule has 1 aliphatic heterocycles. The second kappa shape index (κ2) is 8.56. The Morgan fingerprint density at radius 3 is 2.48 bits per heavy atom. The molecule has 2 aliphatic rings. The summed E-state index contributed by atoms with van der Waals surface area (Å²) in [5, 5.41) is 3.21. The van der Waals surface area contributed by atoms with Gasteiger partial charge in [0.25, 0.3) is 0 Å². The molecule has 1 aliphatic carbocycles. The van der Waals surface area contributed by atoms with E-state index in [0.717, 1.165) is 50.4 Å². The summed E-state index contributed by atoms with van der Waals surface area (Å²) >= 11 is 0. The van der Waals surface area contributed by atoms with Crippen LogP contribution in [0, 0.1) is 0 Å². The molecule has 1 amide bonds. The Labute approximate surface area is 150 Å². The third kappa shape index (κ3) is 4.66. The van der Waals surface area contributed by atoms with E-state index < -0.39 is 0 Å². The number of nitrogens with zero attached hydrogens (tertiary/aromatic N) is 1. The molecule has 0 radical (unpaired) electrons. The number of amides is 1. The number of fused-ring (bicyclic) bond motifs is 1. The van der Waals surface area contributed by atoms with Gasteiger partial charge < -0.3 is 14.8 Å². The molecule has 25 heavy (non-hydrogen) atoms. The summed E-state index contributed by atoms with van der Waals surface area (Å²) in [5.41, 5.74) is 2.59. The number of hydrogen-bond donors (Lipinski definition) is 1. The zero-order valence-electron chi connectivity index (χ0n) is 15.5. The van der Waals surface area contributed by atoms with E-state index in [4.69, 9.17) is 9.47 Å². The van der Waals surface area contributed by atoms with Gasteiger partial charge >= 0.3 is 0 Å². The highest BCUT2D eigenvalue weighted by Gasteiger charge is 2.21. The fourth-order valence-electron chi connectivity index (χ4n) is 3.94. The Hall–Kier alpha value is -1.75. The van der Waals surface area contributed by atoms with E-state index in [2.05, 4.69) is 22.3 Å². The van der Waals surface area contributed by atoms with Gasteiger partial charge in [-0.2, -0.15) is 0 Å². The Morgan fingerprint density at radius 1 is 1.12 bits per heavy atom. The summed E-state index contributed by atoms with van der Waals surface area (Å²) in [6.45, 7) is 2.66. The fraction of sp³-hybridized carbons (Fsp3) is 0.650. The molecule has 1 aromatic carbocycles. The summed E-state index contributed by atoms with van der Waals surface area (Å²) in [7, 11) is 3.34. The number of ether oxygens (including phenoxy) is 2. The first-order valence-electron chi connectivity index (χ1n) is 9.45. The first-order valence-corrected chi connectivity index (χ1v) is 9.45. The maximum Gasteiger partial charge on any atom is 0.221 e. The number of nitrogens with one attached hydrogen (secondary N) is 1. The second-order valence-corrected chi connectivity index (χ2v) is 7.15. The molecule has 3 rings (SSSR count). The Bertz CT molecular complexity index is 597. The molecule has 0 bridgehead atoms. The topological polar surface area (TPSA) is 50.8 Å². The van der Waals surface area contributed by atoms with Crippen LogP contribution in [0.1, 0.15) is 49.7 Å². The van der Waals surface area contributed by atoms with Crippen molar-refractivity contribution in [1.82, 2.24) is 10.2 Å². The van der Waals surface area contributed by atoms with Gasteiger partial charge in [-0.3, -0.25) is 9.69 Å². The lowest BCUT2D eigenvalue weighted by molar-refractivity contribution is -0.122. The minimum absolute atomic E-state index is 0.199. The monoisotopic (exact) mass is 346 g/mol. The van der Waals surface area contributed by atoms with E-state index in [1.54, 1.807) is 14.2 Å². The van der Waals surface area contributed by atoms with E-state index in [1.165, 1.54) is 30.4 Å². The van der Waals surface area contributed by atoms with Gasteiger partial charge in [0.15, 0.2) is 11.5 Å². The zero-order chi connectivity index (χ0) is 17.6. The van der Waals surface area contributed by atoms with Crippen LogP contribution in [-0.4, -0.2) is 44.2 Å². The van der Waals surface area contributed by atoms with Crippen LogP contribution in [0.25, 0.3) is 0 Å². The normalized spacial score (nSPS) is 18.5. The van der Waals surface area contributed by atoms with Crippen LogP contribution in [0.2, 0.25) is 0 Å². The average Bonchev–Trinajstić information content (AvgIpc) is 2.65. The zero-order valence-corrected chi connectivity index (χ0v) is 15.5. The molecular formula is C20H30N2O3. The van der Waals surface area contributed by atoms with Crippen LogP contribution in [0.4, 0.5) is 0 Å². The van der Waals surface area contributed by atoms with Gasteiger partial charge in [-0.05, 0) is 42.5 Å². The molecule has 0 atom stereocenters. The van der Waals surface area contributed by atoms with Gasteiger partial charge in [-0.25, -0.2) is 0 Å². The van der Waals surface area contributed by atoms with Gasteiger partial charge in [-0.15, -0.1) is 0 Å². The van der Waals surface area contributed by atoms with Gasteiger partial charge in [0.2, 0.25) is 5.91 Å². The molecule has 5 heteroatoms. The van der Waals surface area contributed by atoms with Gasteiger partial charge in [-0.1, -0.05) is 19.3 Å². The number of benzene rings is 1. The van der Waals surface area contributed by atoms with E-state index in [0.29, 0.717) is 12.5 Å². The summed E-state index contributed by atoms with van der Waals surface area (Å²) in [6.07, 6.45) is 7.67. The minimum atomic E-state index is 0.199. The Kier molecular flexibility index (Phi) is 6.19. The smallest absolute Gasteiger partial charge is 0.221 e. The molecule has 1 fully saturated rings. The van der Waals surface area contributed by atoms with Crippen molar-refractivity contribution in [3.8, 4) is 11.5 Å². The lowest BCUT2D eigenvalue weighted by Crippen LogP contribution is -2.39. The molecule has 1 heterocycles. The molecule has 0 unspecified atom stereocenters. The second-order valence-electron chi connectivity index (χ2n) is 7.15. The third-order valence-corrected chi connectivity index (χ3v) is 5.42. The predicted octanol–water partition coefficient (Wildman–Crippen LogP) is 2.90. The molecular weight excluding hydrogens is 316 g/mol. The highest BCUT2D eigenvalue weighted by atomic mass is 16.5. The van der Waals surface area contributed by atoms with E-state index in [9.17, 15) is 4.79 Å². The lowest BCUT2D eigenvalue weighted by Gasteiger charge is -2.29. The first kappa shape index (κ1) is 18.1. The molecule has 1 N–H and O–H groups in total. The maximum atomic E-state index is 12.2. The quantitative estimate of drug-likeness (QED) is 0.860. The molecule has 5 nitrogen and oxygen atoms in total. The first-order chi connectivity index (χ1) is 12.2. The summed E-state index contributed by atoms with van der Waals surface area (Å²) in [4.78, 5) is 14.6. The van der Waals surface area contributed by atoms with Crippen LogP contribution < -0.4 is 14.8 Å². The summed E-state index contributed by atoms with van der Waals surface area (Å²) in [6, 6.07) is 4.56. The molecule has 0 spiro atoms. The van der Waals surface area contributed by atoms with Gasteiger partial charge in [0.05, 0.1) is 14.2 Å². The summed E-state index contributed by atoms with van der Waals surface area (Å²) in [5.74, 6) is 1.77. The van der Waals surface area contributed by atoms with E-state index in [-0.39, 0.29) is 5.91 Å². The number of rotatable bonds is 6. The van der Waals surface area contributed by atoms with Crippen LogP contribution >= 0.6 is 0 Å². The lowest BCUT2D eigenvalue weighted by atomic mass is 9.95. The minimum Gasteiger partial charge on any atom is -0.493 e. The van der Waals surface area contributed by atoms with Crippen molar-refractivity contribution in [2.45, 2.75) is 57.5 Å². The largest absolute Gasteiger partial charge is 0.493 e. The third-order valence-electron chi connectivity index (χ3n) is 5.42. The molecule has 0 saturated heterocycles. The van der Waals surface area contributed by atoms with Crippen molar-refractivity contribution in [3.05, 3.63) is 23.3 Å². The van der Waals surface area contributed by atoms with Gasteiger partial charge in [0.1, 0.15) is 0 Å². The molecule has 138 valence electrons.